The summed E-state index contributed by atoms with van der Waals surface area (Å²) in [6.45, 7) is 0. The van der Waals surface area contributed by atoms with Crippen molar-refractivity contribution in [2.45, 2.75) is 4.90 Å². The van der Waals surface area contributed by atoms with Gasteiger partial charge in [0.2, 0.25) is 0 Å². The van der Waals surface area contributed by atoms with Crippen molar-refractivity contribution in [3.8, 4) is 16.9 Å². The highest BCUT2D eigenvalue weighted by Gasteiger charge is 2.10. The van der Waals surface area contributed by atoms with Gasteiger partial charge in [0.15, 0.2) is 0 Å². The minimum Gasteiger partial charge on any atom is -0.506 e. The monoisotopic (exact) mass is 236 g/mol. The van der Waals surface area contributed by atoms with Crippen LogP contribution in [0.2, 0.25) is 5.02 Å². The van der Waals surface area contributed by atoms with Gasteiger partial charge in [-0.2, -0.15) is 0 Å². The predicted octanol–water partition coefficient (Wildman–Crippen LogP) is 4.00. The van der Waals surface area contributed by atoms with Crippen LogP contribution >= 0.6 is 24.2 Å². The van der Waals surface area contributed by atoms with Gasteiger partial charge in [-0.3, -0.25) is 0 Å². The van der Waals surface area contributed by atoms with Crippen molar-refractivity contribution < 1.29 is 5.11 Å². The molecule has 0 atom stereocenters. The smallest absolute Gasteiger partial charge is 0.138 e. The molecule has 2 aromatic carbocycles. The lowest BCUT2D eigenvalue weighted by molar-refractivity contribution is 0.465. The number of benzene rings is 2. The molecule has 0 spiro atoms. The zero-order valence-corrected chi connectivity index (χ0v) is 9.46. The molecule has 0 saturated heterocycles. The number of phenolic OH excluding ortho intramolecular Hbond substituents is 1. The Bertz CT molecular complexity index is 482. The fourth-order valence-corrected chi connectivity index (χ4v) is 1.88. The third kappa shape index (κ3) is 1.96. The first-order valence-electron chi connectivity index (χ1n) is 4.46. The van der Waals surface area contributed by atoms with Gasteiger partial charge in [-0.05, 0) is 17.7 Å². The molecule has 0 radical (unpaired) electrons. The average molecular weight is 237 g/mol. The molecule has 76 valence electrons. The van der Waals surface area contributed by atoms with Crippen LogP contribution < -0.4 is 0 Å². The lowest BCUT2D eigenvalue weighted by atomic mass is 10.0. The zero-order chi connectivity index (χ0) is 10.8. The summed E-state index contributed by atoms with van der Waals surface area (Å²) in [7, 11) is 0. The van der Waals surface area contributed by atoms with Gasteiger partial charge in [0.25, 0.3) is 0 Å². The van der Waals surface area contributed by atoms with E-state index >= 15 is 0 Å². The van der Waals surface area contributed by atoms with E-state index in [0.29, 0.717) is 15.5 Å². The van der Waals surface area contributed by atoms with Gasteiger partial charge in [0, 0.05) is 10.5 Å². The van der Waals surface area contributed by atoms with Crippen LogP contribution in [0.4, 0.5) is 0 Å². The van der Waals surface area contributed by atoms with E-state index in [1.807, 2.05) is 30.3 Å². The quantitative estimate of drug-likeness (QED) is 0.717. The number of aromatic hydroxyl groups is 1. The number of hydrogen-bond donors (Lipinski definition) is 2. The second kappa shape index (κ2) is 4.17. The van der Waals surface area contributed by atoms with Crippen molar-refractivity contribution in [1.82, 2.24) is 0 Å². The predicted molar refractivity (Wildman–Crippen MR) is 65.8 cm³/mol. The van der Waals surface area contributed by atoms with Crippen LogP contribution in [0, 0.1) is 0 Å². The van der Waals surface area contributed by atoms with Crippen molar-refractivity contribution >= 4 is 24.2 Å². The van der Waals surface area contributed by atoms with Crippen LogP contribution in [-0.2, 0) is 0 Å². The Hall–Kier alpha value is -1.12. The third-order valence-corrected chi connectivity index (χ3v) is 2.84. The van der Waals surface area contributed by atoms with Crippen LogP contribution in [0.3, 0.4) is 0 Å². The number of hydrogen-bond acceptors (Lipinski definition) is 2. The Morgan fingerprint density at radius 2 is 1.67 bits per heavy atom. The molecule has 3 heteroatoms. The van der Waals surface area contributed by atoms with Crippen LogP contribution in [0.1, 0.15) is 0 Å². The number of thiol groups is 1. The molecule has 0 aromatic heterocycles. The van der Waals surface area contributed by atoms with Crippen LogP contribution in [0.25, 0.3) is 11.1 Å². The molecule has 0 bridgehead atoms. The highest BCUT2D eigenvalue weighted by atomic mass is 35.5. The summed E-state index contributed by atoms with van der Waals surface area (Å²) in [5, 5.41) is 10.4. The van der Waals surface area contributed by atoms with Gasteiger partial charge in [-0.15, -0.1) is 12.6 Å². The maximum absolute atomic E-state index is 9.87. The maximum atomic E-state index is 9.87. The molecule has 1 N–H and O–H groups in total. The second-order valence-corrected chi connectivity index (χ2v) is 4.05. The van der Waals surface area contributed by atoms with Crippen LogP contribution in [-0.4, -0.2) is 5.11 Å². The fraction of sp³-hybridized carbons (Fsp3) is 0. The van der Waals surface area contributed by atoms with E-state index < -0.39 is 0 Å². The molecule has 0 saturated carbocycles. The summed E-state index contributed by atoms with van der Waals surface area (Å²) in [6.07, 6.45) is 0. The summed E-state index contributed by atoms with van der Waals surface area (Å²) in [5.74, 6) is 0.122. The summed E-state index contributed by atoms with van der Waals surface area (Å²) < 4.78 is 0. The standard InChI is InChI=1S/C12H9ClOS/c13-9-6-7-10(15)12(14)11(9)8-4-2-1-3-5-8/h1-7,14-15H. The van der Waals surface area contributed by atoms with Gasteiger partial charge < -0.3 is 5.11 Å². The Morgan fingerprint density at radius 1 is 1.00 bits per heavy atom. The Balaban J connectivity index is 2.68. The average Bonchev–Trinajstić information content (AvgIpc) is 2.26. The van der Waals surface area contributed by atoms with E-state index in [1.54, 1.807) is 12.1 Å². The van der Waals surface area contributed by atoms with Gasteiger partial charge >= 0.3 is 0 Å². The highest BCUT2D eigenvalue weighted by Crippen LogP contribution is 2.39. The van der Waals surface area contributed by atoms with Crippen molar-refractivity contribution in [1.29, 1.82) is 0 Å². The molecule has 0 heterocycles. The largest absolute Gasteiger partial charge is 0.506 e. The van der Waals surface area contributed by atoms with E-state index in [9.17, 15) is 5.11 Å². The molecule has 2 rings (SSSR count). The first-order chi connectivity index (χ1) is 7.20. The first kappa shape index (κ1) is 10.4. The normalized spacial score (nSPS) is 10.3. The second-order valence-electron chi connectivity index (χ2n) is 3.16. The van der Waals surface area contributed by atoms with Gasteiger partial charge in [0.05, 0.1) is 5.02 Å². The molecular formula is C12H9ClOS. The van der Waals surface area contributed by atoms with E-state index in [0.717, 1.165) is 5.56 Å². The Morgan fingerprint density at radius 3 is 2.33 bits per heavy atom. The topological polar surface area (TPSA) is 20.2 Å². The summed E-state index contributed by atoms with van der Waals surface area (Å²) in [5.41, 5.74) is 1.51. The molecule has 0 amide bonds. The minimum absolute atomic E-state index is 0.122. The first-order valence-corrected chi connectivity index (χ1v) is 5.28. The molecule has 0 aliphatic carbocycles. The molecule has 0 aliphatic rings. The molecule has 0 aliphatic heterocycles. The van der Waals surface area contributed by atoms with E-state index in [-0.39, 0.29) is 5.75 Å². The van der Waals surface area contributed by atoms with Crippen LogP contribution in [0.15, 0.2) is 47.4 Å². The Kier molecular flexibility index (Phi) is 2.89. The Labute approximate surface area is 98.7 Å². The number of phenols is 1. The molecular weight excluding hydrogens is 228 g/mol. The fourth-order valence-electron chi connectivity index (χ4n) is 1.43. The lowest BCUT2D eigenvalue weighted by Gasteiger charge is -2.08. The van der Waals surface area contributed by atoms with Crippen molar-refractivity contribution in [2.75, 3.05) is 0 Å². The van der Waals surface area contributed by atoms with Gasteiger partial charge in [-0.25, -0.2) is 0 Å². The lowest BCUT2D eigenvalue weighted by Crippen LogP contribution is -1.82. The molecule has 1 nitrogen and oxygen atoms in total. The number of rotatable bonds is 1. The van der Waals surface area contributed by atoms with E-state index in [1.165, 1.54) is 0 Å². The van der Waals surface area contributed by atoms with Crippen molar-refractivity contribution in [3.63, 3.8) is 0 Å². The SMILES string of the molecule is Oc1c(S)ccc(Cl)c1-c1ccccc1. The van der Waals surface area contributed by atoms with Gasteiger partial charge in [-0.1, -0.05) is 41.9 Å². The molecule has 2 aromatic rings. The van der Waals surface area contributed by atoms with Gasteiger partial charge in [0.1, 0.15) is 5.75 Å². The summed E-state index contributed by atoms with van der Waals surface area (Å²) in [6, 6.07) is 12.9. The maximum Gasteiger partial charge on any atom is 0.138 e. The zero-order valence-electron chi connectivity index (χ0n) is 7.81. The minimum atomic E-state index is 0.122. The summed E-state index contributed by atoms with van der Waals surface area (Å²) in [4.78, 5) is 0.526. The summed E-state index contributed by atoms with van der Waals surface area (Å²) >= 11 is 10.2. The highest BCUT2D eigenvalue weighted by molar-refractivity contribution is 7.80. The number of halogens is 1. The molecule has 0 fully saturated rings. The van der Waals surface area contributed by atoms with E-state index in [4.69, 9.17) is 11.6 Å². The third-order valence-electron chi connectivity index (χ3n) is 2.17. The van der Waals surface area contributed by atoms with Crippen molar-refractivity contribution in [2.24, 2.45) is 0 Å². The van der Waals surface area contributed by atoms with E-state index in [2.05, 4.69) is 12.6 Å². The molecule has 0 unspecified atom stereocenters. The molecule has 15 heavy (non-hydrogen) atoms. The van der Waals surface area contributed by atoms with Crippen LogP contribution in [0.5, 0.6) is 5.75 Å². The van der Waals surface area contributed by atoms with Crippen molar-refractivity contribution in [3.05, 3.63) is 47.5 Å².